The fourth-order valence-corrected chi connectivity index (χ4v) is 2.98. The smallest absolute Gasteiger partial charge is 0.269 e. The molecule has 0 unspecified atom stereocenters. The highest BCUT2D eigenvalue weighted by molar-refractivity contribution is 6.25. The number of primary amides is 1. The number of aromatic amines is 1. The van der Waals surface area contributed by atoms with E-state index < -0.39 is 5.91 Å². The number of hydrogen-bond acceptors (Lipinski definition) is 4. The van der Waals surface area contributed by atoms with Gasteiger partial charge in [-0.1, -0.05) is 18.2 Å². The van der Waals surface area contributed by atoms with Gasteiger partial charge in [0, 0.05) is 16.2 Å². The lowest BCUT2D eigenvalue weighted by Gasteiger charge is -2.05. The van der Waals surface area contributed by atoms with Crippen molar-refractivity contribution in [1.82, 2.24) is 9.97 Å². The van der Waals surface area contributed by atoms with Crippen LogP contribution in [0.2, 0.25) is 0 Å². The quantitative estimate of drug-likeness (QED) is 0.501. The summed E-state index contributed by atoms with van der Waals surface area (Å²) < 4.78 is 0. The van der Waals surface area contributed by atoms with Crippen LogP contribution < -0.4 is 5.73 Å². The Kier molecular flexibility index (Phi) is 2.53. The van der Waals surface area contributed by atoms with E-state index in [2.05, 4.69) is 16.0 Å². The van der Waals surface area contributed by atoms with E-state index in [-0.39, 0.29) is 11.4 Å². The molecular formula is C17H10N4O2. The van der Waals surface area contributed by atoms with Gasteiger partial charge in [-0.3, -0.25) is 4.79 Å². The van der Waals surface area contributed by atoms with Crippen LogP contribution in [0.3, 0.4) is 0 Å². The van der Waals surface area contributed by atoms with Gasteiger partial charge in [-0.2, -0.15) is 5.26 Å². The molecule has 4 aromatic rings. The minimum absolute atomic E-state index is 0.0525. The fourth-order valence-electron chi connectivity index (χ4n) is 2.98. The zero-order valence-corrected chi connectivity index (χ0v) is 11.8. The first-order chi connectivity index (χ1) is 11.1. The molecule has 0 spiro atoms. The Morgan fingerprint density at radius 3 is 2.70 bits per heavy atom. The number of phenolic OH excluding ortho intramolecular Hbond substituents is 1. The van der Waals surface area contributed by atoms with Crippen LogP contribution in [0.5, 0.6) is 5.75 Å². The average molecular weight is 302 g/mol. The van der Waals surface area contributed by atoms with Crippen molar-refractivity contribution in [3.05, 3.63) is 47.7 Å². The van der Waals surface area contributed by atoms with Gasteiger partial charge in [0.25, 0.3) is 5.91 Å². The summed E-state index contributed by atoms with van der Waals surface area (Å²) in [7, 11) is 0. The third kappa shape index (κ3) is 1.67. The largest absolute Gasteiger partial charge is 0.506 e. The second-order valence-electron chi connectivity index (χ2n) is 5.21. The van der Waals surface area contributed by atoms with Gasteiger partial charge in [0.2, 0.25) is 0 Å². The Morgan fingerprint density at radius 2 is 1.96 bits per heavy atom. The van der Waals surface area contributed by atoms with E-state index >= 15 is 0 Å². The molecule has 110 valence electrons. The lowest BCUT2D eigenvalue weighted by Crippen LogP contribution is -2.14. The summed E-state index contributed by atoms with van der Waals surface area (Å²) in [5.41, 5.74) is 7.39. The van der Waals surface area contributed by atoms with Crippen LogP contribution in [0.1, 0.15) is 16.1 Å². The number of carbonyl (C=O) groups is 1. The van der Waals surface area contributed by atoms with Gasteiger partial charge in [0.05, 0.1) is 28.2 Å². The van der Waals surface area contributed by atoms with Crippen LogP contribution in [0.4, 0.5) is 0 Å². The molecule has 0 fully saturated rings. The average Bonchev–Trinajstić information content (AvgIpc) is 2.94. The molecule has 0 saturated heterocycles. The maximum atomic E-state index is 11.8. The van der Waals surface area contributed by atoms with E-state index in [1.54, 1.807) is 30.3 Å². The Labute approximate surface area is 129 Å². The maximum Gasteiger partial charge on any atom is 0.269 e. The predicted octanol–water partition coefficient (Wildman–Crippen LogP) is 2.55. The van der Waals surface area contributed by atoms with Gasteiger partial charge in [-0.05, 0) is 18.2 Å². The van der Waals surface area contributed by atoms with Crippen LogP contribution in [0, 0.1) is 11.3 Å². The first-order valence-corrected chi connectivity index (χ1v) is 6.88. The zero-order chi connectivity index (χ0) is 16.1. The molecule has 0 bridgehead atoms. The SMILES string of the molecule is N#Cc1cccc2nc(C(N)=O)c3[nH]c4c(O)cccc4c3c12. The van der Waals surface area contributed by atoms with E-state index in [4.69, 9.17) is 5.73 Å². The van der Waals surface area contributed by atoms with Crippen LogP contribution in [0.25, 0.3) is 32.7 Å². The number of aromatic nitrogens is 2. The minimum atomic E-state index is -0.676. The zero-order valence-electron chi connectivity index (χ0n) is 11.8. The topological polar surface area (TPSA) is 116 Å². The predicted molar refractivity (Wildman–Crippen MR) is 86.0 cm³/mol. The number of carbonyl (C=O) groups excluding carboxylic acids is 1. The maximum absolute atomic E-state index is 11.8. The molecule has 1 amide bonds. The molecule has 23 heavy (non-hydrogen) atoms. The fraction of sp³-hybridized carbons (Fsp3) is 0. The number of benzene rings is 2. The molecule has 4 N–H and O–H groups in total. The highest BCUT2D eigenvalue weighted by Crippen LogP contribution is 2.37. The molecule has 4 rings (SSSR count). The van der Waals surface area contributed by atoms with Crippen LogP contribution in [-0.2, 0) is 0 Å². The minimum Gasteiger partial charge on any atom is -0.506 e. The molecule has 0 aliphatic carbocycles. The van der Waals surface area contributed by atoms with Crippen molar-refractivity contribution in [2.75, 3.05) is 0 Å². The Hall–Kier alpha value is -3.59. The number of nitrogens with two attached hydrogens (primary N) is 1. The number of para-hydroxylation sites is 1. The molecule has 6 heteroatoms. The van der Waals surface area contributed by atoms with Gasteiger partial charge in [-0.15, -0.1) is 0 Å². The van der Waals surface area contributed by atoms with Crippen LogP contribution in [-0.4, -0.2) is 21.0 Å². The normalized spacial score (nSPS) is 11.1. The summed E-state index contributed by atoms with van der Waals surface area (Å²) in [5, 5.41) is 21.5. The third-order valence-electron chi connectivity index (χ3n) is 3.93. The van der Waals surface area contributed by atoms with Crippen molar-refractivity contribution >= 4 is 38.6 Å². The van der Waals surface area contributed by atoms with Gasteiger partial charge in [0.1, 0.15) is 5.75 Å². The Balaban J connectivity index is 2.41. The van der Waals surface area contributed by atoms with Crippen LogP contribution in [0.15, 0.2) is 36.4 Å². The Morgan fingerprint density at radius 1 is 1.17 bits per heavy atom. The number of hydrogen-bond donors (Lipinski definition) is 3. The lowest BCUT2D eigenvalue weighted by molar-refractivity contribution is 0.0997. The summed E-state index contributed by atoms with van der Waals surface area (Å²) in [4.78, 5) is 19.1. The molecule has 6 nitrogen and oxygen atoms in total. The number of fused-ring (bicyclic) bond motifs is 5. The number of nitriles is 1. The number of phenols is 1. The summed E-state index contributed by atoms with van der Waals surface area (Å²) in [6.07, 6.45) is 0. The highest BCUT2D eigenvalue weighted by Gasteiger charge is 2.19. The first-order valence-electron chi connectivity index (χ1n) is 6.88. The number of aromatic hydroxyl groups is 1. The molecule has 0 aliphatic heterocycles. The third-order valence-corrected chi connectivity index (χ3v) is 3.93. The summed E-state index contributed by atoms with van der Waals surface area (Å²) in [5.74, 6) is -0.623. The van der Waals surface area contributed by atoms with E-state index in [9.17, 15) is 15.2 Å². The van der Waals surface area contributed by atoms with Gasteiger partial charge >= 0.3 is 0 Å². The van der Waals surface area contributed by atoms with Crippen molar-refractivity contribution in [2.24, 2.45) is 5.73 Å². The Bertz CT molecular complexity index is 1170. The number of H-pyrrole nitrogens is 1. The van der Waals surface area contributed by atoms with Crippen molar-refractivity contribution in [3.63, 3.8) is 0 Å². The monoisotopic (exact) mass is 302 g/mol. The summed E-state index contributed by atoms with van der Waals surface area (Å²) >= 11 is 0. The van der Waals surface area contributed by atoms with E-state index in [1.165, 1.54) is 0 Å². The summed E-state index contributed by atoms with van der Waals surface area (Å²) in [6.45, 7) is 0. The molecule has 0 radical (unpaired) electrons. The molecule has 2 heterocycles. The van der Waals surface area contributed by atoms with E-state index in [0.29, 0.717) is 38.3 Å². The van der Waals surface area contributed by atoms with Crippen molar-refractivity contribution < 1.29 is 9.90 Å². The number of amides is 1. The van der Waals surface area contributed by atoms with Gasteiger partial charge in [0.15, 0.2) is 5.69 Å². The van der Waals surface area contributed by atoms with E-state index in [1.807, 2.05) is 6.07 Å². The molecule has 2 aromatic carbocycles. The second-order valence-corrected chi connectivity index (χ2v) is 5.21. The molecular weight excluding hydrogens is 292 g/mol. The molecule has 0 saturated carbocycles. The van der Waals surface area contributed by atoms with E-state index in [0.717, 1.165) is 0 Å². The number of rotatable bonds is 1. The molecule has 0 atom stereocenters. The molecule has 0 aliphatic rings. The standard InChI is InChI=1S/C17H10N4O2/c18-7-8-3-1-5-10-12(8)13-9-4-2-6-11(22)14(9)21-15(13)16(20-10)17(19)23/h1-6,21-22H,(H2,19,23). The first kappa shape index (κ1) is 13.1. The molecule has 2 aromatic heterocycles. The van der Waals surface area contributed by atoms with Gasteiger partial charge < -0.3 is 15.8 Å². The number of nitrogens with zero attached hydrogens (tertiary/aromatic N) is 2. The van der Waals surface area contributed by atoms with Crippen molar-refractivity contribution in [3.8, 4) is 11.8 Å². The highest BCUT2D eigenvalue weighted by atomic mass is 16.3. The number of pyridine rings is 1. The van der Waals surface area contributed by atoms with Crippen molar-refractivity contribution in [1.29, 1.82) is 5.26 Å². The second kappa shape index (κ2) is 4.45. The summed E-state index contributed by atoms with van der Waals surface area (Å²) in [6, 6.07) is 12.3. The number of nitrogens with one attached hydrogen (secondary N) is 1. The van der Waals surface area contributed by atoms with Gasteiger partial charge in [-0.25, -0.2) is 4.98 Å². The van der Waals surface area contributed by atoms with Crippen molar-refractivity contribution in [2.45, 2.75) is 0 Å². The lowest BCUT2D eigenvalue weighted by atomic mass is 10.0. The van der Waals surface area contributed by atoms with Crippen LogP contribution >= 0.6 is 0 Å².